The quantitative estimate of drug-likeness (QED) is 0.298. The summed E-state index contributed by atoms with van der Waals surface area (Å²) >= 11 is 7.08. The Morgan fingerprint density at radius 3 is 2.66 bits per heavy atom. The summed E-state index contributed by atoms with van der Waals surface area (Å²) in [6.07, 6.45) is 1.94. The predicted molar refractivity (Wildman–Crippen MR) is 110 cm³/mol. The summed E-state index contributed by atoms with van der Waals surface area (Å²) in [7, 11) is -1.94. The van der Waals surface area contributed by atoms with Crippen molar-refractivity contribution in [2.24, 2.45) is 0 Å². The number of hydrogen-bond donors (Lipinski definition) is 1. The number of benzene rings is 2. The third kappa shape index (κ3) is 5.80. The number of halogens is 1. The van der Waals surface area contributed by atoms with Gasteiger partial charge >= 0.3 is 31.1 Å². The van der Waals surface area contributed by atoms with Crippen molar-refractivity contribution in [3.8, 4) is 5.75 Å². The Morgan fingerprint density at radius 2 is 2.14 bits per heavy atom. The van der Waals surface area contributed by atoms with Crippen LogP contribution >= 0.6 is 23.1 Å². The van der Waals surface area contributed by atoms with Gasteiger partial charge in [-0.15, -0.1) is 17.7 Å². The summed E-state index contributed by atoms with van der Waals surface area (Å²) < 4.78 is 32.4. The second-order valence-corrected chi connectivity index (χ2v) is 8.47. The van der Waals surface area contributed by atoms with E-state index in [0.29, 0.717) is 22.7 Å². The van der Waals surface area contributed by atoms with Gasteiger partial charge in [-0.25, -0.2) is 14.0 Å². The van der Waals surface area contributed by atoms with Crippen LogP contribution in [-0.4, -0.2) is 27.0 Å². The molecule has 1 N–H and O–H groups in total. The molecule has 0 saturated heterocycles. The van der Waals surface area contributed by atoms with Crippen LogP contribution in [0.25, 0.3) is 0 Å². The minimum absolute atomic E-state index is 0. The van der Waals surface area contributed by atoms with Gasteiger partial charge in [-0.1, -0.05) is 11.6 Å². The molecule has 2 aromatic carbocycles. The van der Waals surface area contributed by atoms with Crippen LogP contribution in [0.1, 0.15) is 15.9 Å². The van der Waals surface area contributed by atoms with E-state index < -0.39 is 9.92 Å². The SMILES string of the molecule is COc1c[c-]c(CN(c2ncns2)S(=N)(=O)c2ccc(C=O)c(Cl)c2)cc1.[CH3-].[U+2]. The Bertz CT molecular complexity index is 1050. The molecular formula is C18H17ClN4O3S2U. The molecule has 7 nitrogen and oxygen atoms in total. The molecule has 3 aromatic rings. The maximum atomic E-state index is 13.4. The maximum Gasteiger partial charge on any atom is 2.00 e. The molecular weight excluding hydrogens is 658 g/mol. The minimum atomic E-state index is -3.50. The van der Waals surface area contributed by atoms with Gasteiger partial charge in [0.1, 0.15) is 6.33 Å². The van der Waals surface area contributed by atoms with Crippen molar-refractivity contribution in [2.45, 2.75) is 11.4 Å². The number of ether oxygens (including phenoxy) is 1. The summed E-state index contributed by atoms with van der Waals surface area (Å²) in [4.78, 5) is 15.2. The number of carbonyl (C=O) groups excluding carboxylic acids is 1. The number of anilines is 1. The number of aromatic nitrogens is 2. The first-order valence-corrected chi connectivity index (χ1v) is 10.2. The molecule has 0 spiro atoms. The predicted octanol–water partition coefficient (Wildman–Crippen LogP) is 4.29. The normalized spacial score (nSPS) is 12.1. The van der Waals surface area contributed by atoms with Gasteiger partial charge in [-0.2, -0.15) is 16.5 Å². The number of rotatable bonds is 7. The van der Waals surface area contributed by atoms with Crippen molar-refractivity contribution in [1.82, 2.24) is 9.36 Å². The number of nitrogens with zero attached hydrogens (tertiary/aromatic N) is 3. The molecule has 1 heterocycles. The molecule has 0 amide bonds. The molecule has 0 saturated carbocycles. The Kier molecular flexibility index (Phi) is 9.79. The molecule has 1 aromatic heterocycles. The van der Waals surface area contributed by atoms with E-state index >= 15 is 0 Å². The topological polar surface area (TPSA) is 96.2 Å². The van der Waals surface area contributed by atoms with Crippen molar-refractivity contribution in [3.05, 3.63) is 72.4 Å². The van der Waals surface area contributed by atoms with Crippen molar-refractivity contribution in [1.29, 1.82) is 4.78 Å². The number of methoxy groups -OCH3 is 1. The zero-order chi connectivity index (χ0) is 19.4. The molecule has 0 aliphatic rings. The van der Waals surface area contributed by atoms with Gasteiger partial charge in [-0.05, 0) is 18.2 Å². The number of aldehydes is 1. The average Bonchev–Trinajstić information content (AvgIpc) is 3.20. The fourth-order valence-electron chi connectivity index (χ4n) is 2.27. The molecule has 29 heavy (non-hydrogen) atoms. The van der Waals surface area contributed by atoms with Crippen molar-refractivity contribution in [3.63, 3.8) is 0 Å². The van der Waals surface area contributed by atoms with Crippen LogP contribution in [0, 0.1) is 49.4 Å². The van der Waals surface area contributed by atoms with Gasteiger partial charge in [0.2, 0.25) is 5.13 Å². The fraction of sp³-hybridized carbons (Fsp3) is 0.111. The third-order valence-corrected chi connectivity index (χ3v) is 6.64. The third-order valence-electron chi connectivity index (χ3n) is 3.69. The standard InChI is InChI=1S/C17H14ClN4O3S2.CH3.U/c1-25-14-5-2-12(3-6-14)9-22(17-20-11-21-26-17)27(19,24)15-7-4-13(10-23)16(18)8-15;;/h2,4-8,10-11,19H,9H2,1H3;1H3;/q2*-1;+2. The largest absolute Gasteiger partial charge is 2.00 e. The molecule has 1 atom stereocenters. The summed E-state index contributed by atoms with van der Waals surface area (Å²) in [6, 6.07) is 12.5. The van der Waals surface area contributed by atoms with E-state index in [1.807, 2.05) is 0 Å². The van der Waals surface area contributed by atoms with Crippen LogP contribution in [0.2, 0.25) is 5.02 Å². The van der Waals surface area contributed by atoms with E-state index in [-0.39, 0.29) is 60.6 Å². The van der Waals surface area contributed by atoms with Crippen LogP contribution in [0.5, 0.6) is 5.75 Å². The Labute approximate surface area is 203 Å². The van der Waals surface area contributed by atoms with Gasteiger partial charge in [0.25, 0.3) is 0 Å². The van der Waals surface area contributed by atoms with E-state index in [2.05, 4.69) is 15.4 Å². The zero-order valence-corrected chi connectivity index (χ0v) is 22.1. The first-order chi connectivity index (χ1) is 13.0. The van der Waals surface area contributed by atoms with E-state index in [9.17, 15) is 9.00 Å². The number of carbonyl (C=O) groups is 1. The van der Waals surface area contributed by atoms with E-state index in [1.165, 1.54) is 28.8 Å². The van der Waals surface area contributed by atoms with Gasteiger partial charge in [-0.3, -0.25) is 9.10 Å². The summed E-state index contributed by atoms with van der Waals surface area (Å²) in [6.45, 7) is 0.120. The fourth-order valence-corrected chi connectivity index (χ4v) is 4.79. The summed E-state index contributed by atoms with van der Waals surface area (Å²) in [5.74, 6) is 0.643. The second kappa shape index (κ2) is 11.1. The smallest absolute Gasteiger partial charge is 0.554 e. The van der Waals surface area contributed by atoms with Gasteiger partial charge < -0.3 is 12.2 Å². The molecule has 0 aliphatic heterocycles. The van der Waals surface area contributed by atoms with Crippen LogP contribution in [-0.2, 0) is 16.5 Å². The molecule has 150 valence electrons. The van der Waals surface area contributed by atoms with E-state index in [1.54, 1.807) is 25.3 Å². The van der Waals surface area contributed by atoms with Crippen molar-refractivity contribution >= 4 is 44.5 Å². The van der Waals surface area contributed by atoms with Crippen LogP contribution in [0.15, 0.2) is 47.6 Å². The Balaban J connectivity index is 0.00000210. The van der Waals surface area contributed by atoms with Gasteiger partial charge in [0.05, 0.1) is 17.0 Å². The molecule has 3 rings (SSSR count). The molecule has 0 aliphatic carbocycles. The average molecular weight is 675 g/mol. The number of hydrogen-bond acceptors (Lipinski definition) is 7. The van der Waals surface area contributed by atoms with Crippen LogP contribution < -0.4 is 9.04 Å². The van der Waals surface area contributed by atoms with Gasteiger partial charge in [0.15, 0.2) is 16.2 Å². The van der Waals surface area contributed by atoms with Crippen molar-refractivity contribution in [2.75, 3.05) is 11.4 Å². The molecule has 11 heteroatoms. The second-order valence-electron chi connectivity index (χ2n) is 5.34. The molecule has 1 unspecified atom stereocenters. The monoisotopic (exact) mass is 674 g/mol. The summed E-state index contributed by atoms with van der Waals surface area (Å²) in [5, 5.41) is 0.463. The summed E-state index contributed by atoms with van der Waals surface area (Å²) in [5.41, 5.74) is 0.961. The van der Waals surface area contributed by atoms with Crippen LogP contribution in [0.3, 0.4) is 0 Å². The minimum Gasteiger partial charge on any atom is -0.554 e. The first kappa shape index (κ1) is 25.6. The van der Waals surface area contributed by atoms with Crippen molar-refractivity contribution < 1.29 is 44.9 Å². The maximum absolute atomic E-state index is 13.4. The Morgan fingerprint density at radius 1 is 1.38 bits per heavy atom. The van der Waals surface area contributed by atoms with E-state index in [4.69, 9.17) is 21.1 Å². The van der Waals surface area contributed by atoms with Crippen LogP contribution in [0.4, 0.5) is 5.13 Å². The number of nitrogens with one attached hydrogen (secondary N) is 1. The molecule has 0 radical (unpaired) electrons. The first-order valence-electron chi connectivity index (χ1n) is 7.58. The molecule has 0 bridgehead atoms. The van der Waals surface area contributed by atoms with E-state index in [0.717, 1.165) is 11.5 Å². The van der Waals surface area contributed by atoms with Gasteiger partial charge in [0, 0.05) is 29.4 Å². The Hall–Kier alpha value is -1.44. The zero-order valence-electron chi connectivity index (χ0n) is 15.6. The molecule has 0 fully saturated rings.